The largest absolute Gasteiger partial charge is 0.396 e. The molecule has 0 saturated carbocycles. The number of aliphatic hydroxyl groups excluding tert-OH is 1. The lowest BCUT2D eigenvalue weighted by molar-refractivity contribution is 0.265. The summed E-state index contributed by atoms with van der Waals surface area (Å²) in [5.74, 6) is 0. The lowest BCUT2D eigenvalue weighted by Gasteiger charge is -2.06. The van der Waals surface area contributed by atoms with Gasteiger partial charge >= 0.3 is 0 Å². The Hall–Kier alpha value is -1.51. The Morgan fingerprint density at radius 3 is 2.62 bits per heavy atom. The Bertz CT molecular complexity index is 293. The van der Waals surface area contributed by atoms with Gasteiger partial charge in [0, 0.05) is 4.91 Å². The number of hydrogen-bond acceptors (Lipinski definition) is 2. The van der Waals surface area contributed by atoms with Gasteiger partial charge in [0.15, 0.2) is 0 Å². The molecule has 0 aliphatic rings. The molecule has 1 aromatic carbocycles. The number of hydrogen-bond donors (Lipinski definition) is 1. The van der Waals surface area contributed by atoms with Gasteiger partial charge in [0.1, 0.15) is 0 Å². The van der Waals surface area contributed by atoms with Gasteiger partial charge in [-0.15, -0.1) is 0 Å². The Labute approximate surface area is 76.5 Å². The Balaban J connectivity index is 2.61. The molecule has 0 saturated heterocycles. The standard InChI is InChI=1S/C9H11N3O/c10-12-11-9(7-13)6-8-4-2-1-3-5-8/h1-5,9,13H,6-7H2. The quantitative estimate of drug-likeness (QED) is 0.426. The molecule has 0 fully saturated rings. The van der Waals surface area contributed by atoms with Crippen molar-refractivity contribution in [3.63, 3.8) is 0 Å². The molecule has 0 aromatic heterocycles. The van der Waals surface area contributed by atoms with Crippen molar-refractivity contribution in [1.29, 1.82) is 0 Å². The predicted molar refractivity (Wildman–Crippen MR) is 50.2 cm³/mol. The van der Waals surface area contributed by atoms with E-state index in [0.717, 1.165) is 5.56 Å². The minimum absolute atomic E-state index is 0.112. The highest BCUT2D eigenvalue weighted by atomic mass is 16.3. The molecule has 0 bridgehead atoms. The fraction of sp³-hybridized carbons (Fsp3) is 0.333. The van der Waals surface area contributed by atoms with Crippen LogP contribution >= 0.6 is 0 Å². The molecule has 0 amide bonds. The molecule has 1 unspecified atom stereocenters. The van der Waals surface area contributed by atoms with Gasteiger partial charge in [0.2, 0.25) is 0 Å². The van der Waals surface area contributed by atoms with Gasteiger partial charge in [-0.1, -0.05) is 35.4 Å². The van der Waals surface area contributed by atoms with Crippen molar-refractivity contribution >= 4 is 0 Å². The third kappa shape index (κ3) is 3.15. The van der Waals surface area contributed by atoms with Crippen molar-refractivity contribution in [2.24, 2.45) is 5.11 Å². The van der Waals surface area contributed by atoms with E-state index in [1.807, 2.05) is 30.3 Å². The third-order valence-electron chi connectivity index (χ3n) is 1.74. The minimum Gasteiger partial charge on any atom is -0.396 e. The molecule has 68 valence electrons. The zero-order valence-corrected chi connectivity index (χ0v) is 7.17. The minimum atomic E-state index is -0.354. The molecule has 1 N–H and O–H groups in total. The lowest BCUT2D eigenvalue weighted by atomic mass is 10.1. The van der Waals surface area contributed by atoms with E-state index in [1.54, 1.807) is 0 Å². The average molecular weight is 177 g/mol. The van der Waals surface area contributed by atoms with Crippen LogP contribution in [0.15, 0.2) is 35.4 Å². The van der Waals surface area contributed by atoms with Crippen molar-refractivity contribution in [2.45, 2.75) is 12.5 Å². The number of rotatable bonds is 4. The first-order valence-electron chi connectivity index (χ1n) is 4.06. The third-order valence-corrected chi connectivity index (χ3v) is 1.74. The smallest absolute Gasteiger partial charge is 0.0645 e. The van der Waals surface area contributed by atoms with Gasteiger partial charge in [0.25, 0.3) is 0 Å². The lowest BCUT2D eigenvalue weighted by Crippen LogP contribution is -2.12. The summed E-state index contributed by atoms with van der Waals surface area (Å²) in [6.07, 6.45) is 0.585. The van der Waals surface area contributed by atoms with E-state index < -0.39 is 0 Å². The summed E-state index contributed by atoms with van der Waals surface area (Å²) in [5, 5.41) is 12.3. The van der Waals surface area contributed by atoms with E-state index in [-0.39, 0.29) is 12.6 Å². The first-order valence-corrected chi connectivity index (χ1v) is 4.06. The summed E-state index contributed by atoms with van der Waals surface area (Å²) in [7, 11) is 0. The highest BCUT2D eigenvalue weighted by Gasteiger charge is 2.04. The summed E-state index contributed by atoms with van der Waals surface area (Å²) in [4.78, 5) is 2.67. The highest BCUT2D eigenvalue weighted by molar-refractivity contribution is 5.15. The monoisotopic (exact) mass is 177 g/mol. The van der Waals surface area contributed by atoms with Crippen LogP contribution in [0.25, 0.3) is 10.4 Å². The molecule has 0 aliphatic carbocycles. The maximum Gasteiger partial charge on any atom is 0.0645 e. The summed E-state index contributed by atoms with van der Waals surface area (Å²) in [5.41, 5.74) is 9.26. The summed E-state index contributed by atoms with van der Waals surface area (Å²) in [6, 6.07) is 9.28. The second-order valence-electron chi connectivity index (χ2n) is 2.73. The average Bonchev–Trinajstić information content (AvgIpc) is 2.19. The van der Waals surface area contributed by atoms with Crippen LogP contribution in [-0.2, 0) is 6.42 Å². The fourth-order valence-electron chi connectivity index (χ4n) is 1.10. The molecule has 0 spiro atoms. The van der Waals surface area contributed by atoms with E-state index >= 15 is 0 Å². The Morgan fingerprint density at radius 2 is 2.08 bits per heavy atom. The van der Waals surface area contributed by atoms with Crippen LogP contribution in [0.5, 0.6) is 0 Å². The zero-order valence-electron chi connectivity index (χ0n) is 7.17. The molecule has 0 heterocycles. The summed E-state index contributed by atoms with van der Waals surface area (Å²) < 4.78 is 0. The van der Waals surface area contributed by atoms with Gasteiger partial charge < -0.3 is 5.11 Å². The molecule has 1 atom stereocenters. The molecule has 0 aliphatic heterocycles. The highest BCUT2D eigenvalue weighted by Crippen LogP contribution is 2.05. The van der Waals surface area contributed by atoms with Crippen LogP contribution in [0.1, 0.15) is 5.56 Å². The summed E-state index contributed by atoms with van der Waals surface area (Å²) >= 11 is 0. The van der Waals surface area contributed by atoms with Gasteiger partial charge in [0.05, 0.1) is 12.6 Å². The maximum absolute atomic E-state index is 8.85. The van der Waals surface area contributed by atoms with Crippen molar-refractivity contribution in [2.75, 3.05) is 6.61 Å². The molecular weight excluding hydrogens is 166 g/mol. The molecule has 4 nitrogen and oxygen atoms in total. The molecule has 1 aromatic rings. The van der Waals surface area contributed by atoms with E-state index in [9.17, 15) is 0 Å². The first-order chi connectivity index (χ1) is 6.36. The van der Waals surface area contributed by atoms with Crippen molar-refractivity contribution in [3.05, 3.63) is 46.3 Å². The van der Waals surface area contributed by atoms with Crippen LogP contribution < -0.4 is 0 Å². The number of azide groups is 1. The van der Waals surface area contributed by atoms with Gasteiger partial charge in [-0.3, -0.25) is 0 Å². The van der Waals surface area contributed by atoms with Crippen LogP contribution in [0.4, 0.5) is 0 Å². The van der Waals surface area contributed by atoms with Crippen molar-refractivity contribution in [1.82, 2.24) is 0 Å². The van der Waals surface area contributed by atoms with E-state index in [4.69, 9.17) is 10.6 Å². The van der Waals surface area contributed by atoms with Crippen molar-refractivity contribution < 1.29 is 5.11 Å². The second-order valence-corrected chi connectivity index (χ2v) is 2.73. The molecule has 1 rings (SSSR count). The van der Waals surface area contributed by atoms with Crippen LogP contribution in [-0.4, -0.2) is 17.8 Å². The molecule has 4 heteroatoms. The van der Waals surface area contributed by atoms with Crippen LogP contribution in [0.2, 0.25) is 0 Å². The van der Waals surface area contributed by atoms with Crippen LogP contribution in [0, 0.1) is 0 Å². The van der Waals surface area contributed by atoms with E-state index in [1.165, 1.54) is 0 Å². The molecule has 13 heavy (non-hydrogen) atoms. The maximum atomic E-state index is 8.85. The second kappa shape index (κ2) is 5.19. The topological polar surface area (TPSA) is 69.0 Å². The number of benzene rings is 1. The van der Waals surface area contributed by atoms with Crippen molar-refractivity contribution in [3.8, 4) is 0 Å². The van der Waals surface area contributed by atoms with Gasteiger partial charge in [-0.2, -0.15) is 0 Å². The Morgan fingerprint density at radius 1 is 1.38 bits per heavy atom. The first kappa shape index (κ1) is 9.58. The van der Waals surface area contributed by atoms with Crippen LogP contribution in [0.3, 0.4) is 0 Å². The molecular formula is C9H11N3O. The fourth-order valence-corrected chi connectivity index (χ4v) is 1.10. The Kier molecular flexibility index (Phi) is 3.82. The zero-order chi connectivity index (χ0) is 9.52. The number of nitrogens with zero attached hydrogens (tertiary/aromatic N) is 3. The SMILES string of the molecule is [N-]=[N+]=NC(CO)Cc1ccccc1. The van der Waals surface area contributed by atoms with E-state index in [0.29, 0.717) is 6.42 Å². The van der Waals surface area contributed by atoms with Gasteiger partial charge in [-0.25, -0.2) is 0 Å². The predicted octanol–water partition coefficient (Wildman–Crippen LogP) is 1.90. The number of aliphatic hydroxyl groups is 1. The van der Waals surface area contributed by atoms with Gasteiger partial charge in [-0.05, 0) is 17.5 Å². The van der Waals surface area contributed by atoms with E-state index in [2.05, 4.69) is 10.0 Å². The molecule has 0 radical (unpaired) electrons. The normalized spacial score (nSPS) is 11.8. The summed E-state index contributed by atoms with van der Waals surface area (Å²) in [6.45, 7) is -0.112.